The molecule has 164 valence electrons. The van der Waals surface area contributed by atoms with Crippen molar-refractivity contribution in [2.24, 2.45) is 0 Å². The fraction of sp³-hybridized carbons (Fsp3) is 0.500. The monoisotopic (exact) mass is 420 g/mol. The van der Waals surface area contributed by atoms with Gasteiger partial charge < -0.3 is 19.8 Å². The third kappa shape index (κ3) is 5.62. The molecule has 0 saturated carbocycles. The van der Waals surface area contributed by atoms with Crippen LogP contribution in [0.4, 0.5) is 11.5 Å². The first kappa shape index (κ1) is 23.0. The van der Waals surface area contributed by atoms with E-state index in [2.05, 4.69) is 4.98 Å². The number of amides is 1. The number of nitrogens with zero attached hydrogens (tertiary/aromatic N) is 2. The van der Waals surface area contributed by atoms with E-state index in [1.807, 2.05) is 13.8 Å². The Bertz CT molecular complexity index is 961. The van der Waals surface area contributed by atoms with Crippen molar-refractivity contribution in [1.29, 1.82) is 0 Å². The molecule has 2 rings (SSSR count). The topological polar surface area (TPSA) is 141 Å². The van der Waals surface area contributed by atoms with Gasteiger partial charge in [-0.15, -0.1) is 0 Å². The maximum absolute atomic E-state index is 12.8. The highest BCUT2D eigenvalue weighted by Gasteiger charge is 2.25. The van der Waals surface area contributed by atoms with Crippen LogP contribution in [0.25, 0.3) is 0 Å². The summed E-state index contributed by atoms with van der Waals surface area (Å²) < 4.78 is 11.2. The van der Waals surface area contributed by atoms with Crippen molar-refractivity contribution in [3.05, 3.63) is 45.0 Å². The van der Waals surface area contributed by atoms with Gasteiger partial charge in [-0.2, -0.15) is 0 Å². The van der Waals surface area contributed by atoms with Crippen molar-refractivity contribution in [2.75, 3.05) is 23.8 Å². The zero-order chi connectivity index (χ0) is 22.1. The number of rotatable bonds is 11. The first-order valence-corrected chi connectivity index (χ1v) is 10.0. The lowest BCUT2D eigenvalue weighted by Crippen LogP contribution is -2.43. The summed E-state index contributed by atoms with van der Waals surface area (Å²) in [6, 6.07) is 2.94. The zero-order valence-electron chi connectivity index (χ0n) is 17.3. The predicted molar refractivity (Wildman–Crippen MR) is 112 cm³/mol. The molecule has 0 fully saturated rings. The van der Waals surface area contributed by atoms with E-state index in [0.29, 0.717) is 19.4 Å². The molecule has 1 amide bonds. The van der Waals surface area contributed by atoms with Crippen molar-refractivity contribution >= 4 is 23.4 Å². The SMILES string of the molecule is CCCCCN(C(=O)COC(=O)c1ccco1)c1c(N)n(CCCC)c(=O)[nH]c1=O. The van der Waals surface area contributed by atoms with Gasteiger partial charge in [0, 0.05) is 13.1 Å². The number of H-pyrrole nitrogens is 1. The highest BCUT2D eigenvalue weighted by Crippen LogP contribution is 2.19. The quantitative estimate of drug-likeness (QED) is 0.418. The fourth-order valence-corrected chi connectivity index (χ4v) is 2.93. The van der Waals surface area contributed by atoms with E-state index in [4.69, 9.17) is 14.9 Å². The normalized spacial score (nSPS) is 10.7. The van der Waals surface area contributed by atoms with E-state index in [1.165, 1.54) is 27.9 Å². The second-order valence-electron chi connectivity index (χ2n) is 6.80. The van der Waals surface area contributed by atoms with Crippen molar-refractivity contribution in [3.63, 3.8) is 0 Å². The van der Waals surface area contributed by atoms with Crippen LogP contribution in [0.3, 0.4) is 0 Å². The van der Waals surface area contributed by atoms with E-state index >= 15 is 0 Å². The van der Waals surface area contributed by atoms with Crippen LogP contribution in [0, 0.1) is 0 Å². The van der Waals surface area contributed by atoms with Crippen LogP contribution in [-0.4, -0.2) is 34.6 Å². The highest BCUT2D eigenvalue weighted by atomic mass is 16.5. The van der Waals surface area contributed by atoms with Crippen LogP contribution in [-0.2, 0) is 16.1 Å². The molecule has 0 bridgehead atoms. The summed E-state index contributed by atoms with van der Waals surface area (Å²) in [5.74, 6) is -1.54. The molecule has 0 aliphatic carbocycles. The summed E-state index contributed by atoms with van der Waals surface area (Å²) in [7, 11) is 0. The summed E-state index contributed by atoms with van der Waals surface area (Å²) in [5.41, 5.74) is 4.64. The second kappa shape index (κ2) is 11.0. The van der Waals surface area contributed by atoms with E-state index < -0.39 is 29.7 Å². The van der Waals surface area contributed by atoms with E-state index in [9.17, 15) is 19.2 Å². The van der Waals surface area contributed by atoms with Crippen LogP contribution in [0.5, 0.6) is 0 Å². The maximum atomic E-state index is 12.8. The Morgan fingerprint density at radius 3 is 2.57 bits per heavy atom. The fourth-order valence-electron chi connectivity index (χ4n) is 2.93. The summed E-state index contributed by atoms with van der Waals surface area (Å²) in [4.78, 5) is 52.9. The Morgan fingerprint density at radius 2 is 1.93 bits per heavy atom. The number of ether oxygens (including phenoxy) is 1. The van der Waals surface area contributed by atoms with Gasteiger partial charge in [-0.25, -0.2) is 9.59 Å². The lowest BCUT2D eigenvalue weighted by atomic mass is 10.2. The molecule has 0 aliphatic heterocycles. The molecule has 10 heteroatoms. The molecule has 0 unspecified atom stereocenters. The molecule has 2 aromatic rings. The van der Waals surface area contributed by atoms with Crippen molar-refractivity contribution in [1.82, 2.24) is 9.55 Å². The van der Waals surface area contributed by atoms with Crippen molar-refractivity contribution in [2.45, 2.75) is 52.5 Å². The molecule has 0 atom stereocenters. The smallest absolute Gasteiger partial charge is 0.374 e. The van der Waals surface area contributed by atoms with Crippen LogP contribution in [0.1, 0.15) is 56.5 Å². The summed E-state index contributed by atoms with van der Waals surface area (Å²) in [6.07, 6.45) is 5.15. The van der Waals surface area contributed by atoms with Gasteiger partial charge in [0.05, 0.1) is 6.26 Å². The highest BCUT2D eigenvalue weighted by molar-refractivity contribution is 5.98. The molecule has 3 N–H and O–H groups in total. The Kier molecular flexibility index (Phi) is 8.45. The largest absolute Gasteiger partial charge is 0.457 e. The van der Waals surface area contributed by atoms with Gasteiger partial charge in [-0.1, -0.05) is 33.1 Å². The second-order valence-corrected chi connectivity index (χ2v) is 6.80. The van der Waals surface area contributed by atoms with Gasteiger partial charge in [0.1, 0.15) is 5.82 Å². The lowest BCUT2D eigenvalue weighted by Gasteiger charge is -2.24. The number of furan rings is 1. The number of carbonyl (C=O) groups excluding carboxylic acids is 2. The lowest BCUT2D eigenvalue weighted by molar-refractivity contribution is -0.121. The molecule has 0 aliphatic rings. The van der Waals surface area contributed by atoms with E-state index in [0.717, 1.165) is 19.3 Å². The number of nitrogens with two attached hydrogens (primary N) is 1. The Morgan fingerprint density at radius 1 is 1.20 bits per heavy atom. The number of hydrogen-bond donors (Lipinski definition) is 2. The van der Waals surface area contributed by atoms with Crippen LogP contribution >= 0.6 is 0 Å². The molecule has 2 aromatic heterocycles. The molecule has 10 nitrogen and oxygen atoms in total. The molecular weight excluding hydrogens is 392 g/mol. The number of anilines is 2. The van der Waals surface area contributed by atoms with Gasteiger partial charge >= 0.3 is 11.7 Å². The Labute approximate surface area is 173 Å². The van der Waals surface area contributed by atoms with Crippen LogP contribution in [0.2, 0.25) is 0 Å². The maximum Gasteiger partial charge on any atom is 0.374 e. The predicted octanol–water partition coefficient (Wildman–Crippen LogP) is 1.89. The Balaban J connectivity index is 2.31. The van der Waals surface area contributed by atoms with Gasteiger partial charge in [-0.3, -0.25) is 19.1 Å². The minimum atomic E-state index is -0.795. The number of aromatic nitrogens is 2. The minimum absolute atomic E-state index is 0.0363. The van der Waals surface area contributed by atoms with Crippen LogP contribution < -0.4 is 21.9 Å². The number of esters is 1. The third-order valence-electron chi connectivity index (χ3n) is 4.55. The first-order valence-electron chi connectivity index (χ1n) is 10.0. The molecule has 30 heavy (non-hydrogen) atoms. The van der Waals surface area contributed by atoms with Crippen molar-refractivity contribution < 1.29 is 18.7 Å². The molecule has 0 saturated heterocycles. The number of aromatic amines is 1. The number of hydrogen-bond acceptors (Lipinski definition) is 7. The van der Waals surface area contributed by atoms with Gasteiger partial charge in [-0.05, 0) is 25.0 Å². The molecule has 0 spiro atoms. The van der Waals surface area contributed by atoms with Gasteiger partial charge in [0.25, 0.3) is 11.5 Å². The number of carbonyl (C=O) groups is 2. The summed E-state index contributed by atoms with van der Waals surface area (Å²) in [5, 5.41) is 0. The van der Waals surface area contributed by atoms with Gasteiger partial charge in [0.2, 0.25) is 5.76 Å². The minimum Gasteiger partial charge on any atom is -0.457 e. The first-order chi connectivity index (χ1) is 14.4. The number of nitrogen functional groups attached to an aromatic ring is 1. The zero-order valence-corrected chi connectivity index (χ0v) is 17.3. The van der Waals surface area contributed by atoms with Gasteiger partial charge in [0.15, 0.2) is 12.3 Å². The molecule has 0 aromatic carbocycles. The molecular formula is C20H28N4O6. The Hall–Kier alpha value is -3.30. The van der Waals surface area contributed by atoms with E-state index in [-0.39, 0.29) is 23.8 Å². The molecule has 0 radical (unpaired) electrons. The third-order valence-corrected chi connectivity index (χ3v) is 4.55. The van der Waals surface area contributed by atoms with E-state index in [1.54, 1.807) is 0 Å². The molecule has 2 heterocycles. The number of nitrogens with one attached hydrogen (secondary N) is 1. The number of unbranched alkanes of at least 4 members (excludes halogenated alkanes) is 3. The average molecular weight is 420 g/mol. The average Bonchev–Trinajstić information content (AvgIpc) is 3.25. The summed E-state index contributed by atoms with van der Waals surface area (Å²) >= 11 is 0. The van der Waals surface area contributed by atoms with Crippen molar-refractivity contribution in [3.8, 4) is 0 Å². The van der Waals surface area contributed by atoms with Crippen LogP contribution in [0.15, 0.2) is 32.4 Å². The standard InChI is InChI=1S/C20H28N4O6/c1-3-5-7-11-23(15(25)13-30-19(27)14-9-8-12-29-14)16-17(21)24(10-6-4-2)20(28)22-18(16)26/h8-9,12H,3-7,10-11,13,21H2,1-2H3,(H,22,26,28). The summed E-state index contributed by atoms with van der Waals surface area (Å²) in [6.45, 7) is 3.88.